The summed E-state index contributed by atoms with van der Waals surface area (Å²) in [5.74, 6) is -0.373. The first-order valence-corrected chi connectivity index (χ1v) is 10.3. The smallest absolute Gasteiger partial charge is 0.269 e. The fourth-order valence-corrected chi connectivity index (χ4v) is 3.30. The number of hydrogen-bond donors (Lipinski definition) is 3. The Balaban J connectivity index is 1.61. The second-order valence-electron chi connectivity index (χ2n) is 6.22. The van der Waals surface area contributed by atoms with E-state index in [0.29, 0.717) is 28.7 Å². The quantitative estimate of drug-likeness (QED) is 0.489. The van der Waals surface area contributed by atoms with E-state index in [1.165, 1.54) is 30.6 Å². The molecule has 0 atom stereocenters. The molecular weight excluding hydrogens is 418 g/mol. The van der Waals surface area contributed by atoms with Gasteiger partial charge in [-0.15, -0.1) is 11.3 Å². The molecule has 3 rings (SSSR count). The van der Waals surface area contributed by atoms with E-state index in [-0.39, 0.29) is 17.0 Å². The van der Waals surface area contributed by atoms with Gasteiger partial charge in [0.15, 0.2) is 11.5 Å². The number of ether oxygens (including phenoxy) is 2. The normalized spacial score (nSPS) is 10.1. The Bertz CT molecular complexity index is 1080. The van der Waals surface area contributed by atoms with E-state index in [0.717, 1.165) is 0 Å². The van der Waals surface area contributed by atoms with Gasteiger partial charge in [0.1, 0.15) is 0 Å². The fraction of sp³-hybridized carbons (Fsp3) is 0.136. The molecule has 0 unspecified atom stereocenters. The number of hydrazine groups is 1. The van der Waals surface area contributed by atoms with Crippen molar-refractivity contribution in [3.63, 3.8) is 0 Å². The maximum atomic E-state index is 12.4. The number of rotatable bonds is 7. The second kappa shape index (κ2) is 10.3. The van der Waals surface area contributed by atoms with Crippen molar-refractivity contribution in [3.05, 3.63) is 76.0 Å². The Labute approximate surface area is 183 Å². The van der Waals surface area contributed by atoms with E-state index in [1.54, 1.807) is 47.8 Å². The van der Waals surface area contributed by atoms with Gasteiger partial charge in [0.2, 0.25) is 0 Å². The van der Waals surface area contributed by atoms with Gasteiger partial charge < -0.3 is 14.8 Å². The first kappa shape index (κ1) is 21.8. The van der Waals surface area contributed by atoms with Crippen molar-refractivity contribution in [2.45, 2.75) is 6.92 Å². The molecule has 0 spiro atoms. The van der Waals surface area contributed by atoms with Crippen LogP contribution in [0.15, 0.2) is 60.0 Å². The molecule has 1 aromatic heterocycles. The molecule has 3 amide bonds. The summed E-state index contributed by atoms with van der Waals surface area (Å²) in [6.07, 6.45) is 0. The van der Waals surface area contributed by atoms with Crippen LogP contribution in [0, 0.1) is 0 Å². The molecule has 0 fully saturated rings. The molecule has 3 aromatic rings. The van der Waals surface area contributed by atoms with Crippen molar-refractivity contribution in [2.24, 2.45) is 0 Å². The molecule has 0 aliphatic carbocycles. The largest absolute Gasteiger partial charge is 0.493 e. The van der Waals surface area contributed by atoms with Crippen molar-refractivity contribution < 1.29 is 23.9 Å². The van der Waals surface area contributed by atoms with Crippen molar-refractivity contribution in [2.75, 3.05) is 19.0 Å². The lowest BCUT2D eigenvalue weighted by atomic mass is 10.2. The molecule has 9 heteroatoms. The van der Waals surface area contributed by atoms with Crippen LogP contribution in [0.2, 0.25) is 0 Å². The van der Waals surface area contributed by atoms with Crippen LogP contribution in [-0.4, -0.2) is 31.4 Å². The van der Waals surface area contributed by atoms with Crippen LogP contribution in [0.1, 0.15) is 37.3 Å². The molecule has 8 nitrogen and oxygen atoms in total. The minimum Gasteiger partial charge on any atom is -0.493 e. The van der Waals surface area contributed by atoms with Crippen LogP contribution in [0.25, 0.3) is 0 Å². The van der Waals surface area contributed by atoms with Gasteiger partial charge in [-0.05, 0) is 54.8 Å². The highest BCUT2D eigenvalue weighted by atomic mass is 32.1. The number of carbonyl (C=O) groups is 3. The zero-order valence-corrected chi connectivity index (χ0v) is 17.7. The minimum absolute atomic E-state index is 0.259. The van der Waals surface area contributed by atoms with E-state index in [9.17, 15) is 14.4 Å². The minimum atomic E-state index is -0.529. The van der Waals surface area contributed by atoms with Gasteiger partial charge in [-0.25, -0.2) is 0 Å². The zero-order chi connectivity index (χ0) is 22.2. The molecule has 1 heterocycles. The third-order valence-electron chi connectivity index (χ3n) is 4.14. The van der Waals surface area contributed by atoms with Gasteiger partial charge >= 0.3 is 0 Å². The Morgan fingerprint density at radius 1 is 0.871 bits per heavy atom. The highest BCUT2D eigenvalue weighted by Gasteiger charge is 2.14. The SMILES string of the molecule is CCOc1ccc(C(=O)NNC(=O)c2cccc(NC(=O)c3cccs3)c2)cc1OC. The lowest BCUT2D eigenvalue weighted by Gasteiger charge is -2.12. The summed E-state index contributed by atoms with van der Waals surface area (Å²) >= 11 is 1.32. The maximum Gasteiger partial charge on any atom is 0.269 e. The van der Waals surface area contributed by atoms with Crippen molar-refractivity contribution in [1.82, 2.24) is 10.9 Å². The number of methoxy groups -OCH3 is 1. The van der Waals surface area contributed by atoms with Crippen LogP contribution in [0.4, 0.5) is 5.69 Å². The highest BCUT2D eigenvalue weighted by molar-refractivity contribution is 7.12. The van der Waals surface area contributed by atoms with E-state index in [4.69, 9.17) is 9.47 Å². The second-order valence-corrected chi connectivity index (χ2v) is 7.17. The average Bonchev–Trinajstić information content (AvgIpc) is 3.33. The van der Waals surface area contributed by atoms with E-state index in [2.05, 4.69) is 16.2 Å². The standard InChI is InChI=1S/C22H21N3O5S/c1-3-30-17-10-9-15(13-18(17)29-2)21(27)25-24-20(26)14-6-4-7-16(12-14)23-22(28)19-8-5-11-31-19/h4-13H,3H2,1-2H3,(H,23,28)(H,24,26)(H,25,27). The third kappa shape index (κ3) is 5.61. The lowest BCUT2D eigenvalue weighted by Crippen LogP contribution is -2.41. The summed E-state index contributed by atoms with van der Waals surface area (Å²) in [6, 6.07) is 14.6. The lowest BCUT2D eigenvalue weighted by molar-refractivity contribution is 0.0846. The van der Waals surface area contributed by atoms with Crippen molar-refractivity contribution in [3.8, 4) is 11.5 Å². The van der Waals surface area contributed by atoms with Gasteiger partial charge in [-0.1, -0.05) is 12.1 Å². The summed E-state index contributed by atoms with van der Waals surface area (Å²) in [7, 11) is 1.48. The average molecular weight is 439 g/mol. The van der Waals surface area contributed by atoms with Crippen LogP contribution >= 0.6 is 11.3 Å². The first-order chi connectivity index (χ1) is 15.0. The molecule has 31 heavy (non-hydrogen) atoms. The monoisotopic (exact) mass is 439 g/mol. The molecule has 0 saturated heterocycles. The first-order valence-electron chi connectivity index (χ1n) is 9.38. The third-order valence-corrected chi connectivity index (χ3v) is 5.01. The molecule has 0 aliphatic heterocycles. The summed E-state index contributed by atoms with van der Waals surface area (Å²) in [6.45, 7) is 2.31. The molecule has 0 bridgehead atoms. The van der Waals surface area contributed by atoms with Crippen molar-refractivity contribution >= 4 is 34.7 Å². The van der Waals surface area contributed by atoms with E-state index >= 15 is 0 Å². The number of benzene rings is 2. The molecule has 160 valence electrons. The zero-order valence-electron chi connectivity index (χ0n) is 16.9. The van der Waals surface area contributed by atoms with Crippen LogP contribution in [-0.2, 0) is 0 Å². The highest BCUT2D eigenvalue weighted by Crippen LogP contribution is 2.27. The molecule has 0 radical (unpaired) electrons. The molecular formula is C22H21N3O5S. The number of carbonyl (C=O) groups excluding carboxylic acids is 3. The van der Waals surface area contributed by atoms with E-state index in [1.807, 2.05) is 6.92 Å². The Kier molecular flexibility index (Phi) is 7.23. The molecule has 3 N–H and O–H groups in total. The molecule has 2 aromatic carbocycles. The summed E-state index contributed by atoms with van der Waals surface area (Å²) in [5, 5.41) is 4.54. The van der Waals surface area contributed by atoms with Gasteiger partial charge in [0, 0.05) is 16.8 Å². The number of anilines is 1. The van der Waals surface area contributed by atoms with Crippen LogP contribution in [0.5, 0.6) is 11.5 Å². The fourth-order valence-electron chi connectivity index (χ4n) is 2.68. The maximum absolute atomic E-state index is 12.4. The summed E-state index contributed by atoms with van der Waals surface area (Å²) in [4.78, 5) is 37.5. The van der Waals surface area contributed by atoms with Crippen LogP contribution < -0.4 is 25.6 Å². The topological polar surface area (TPSA) is 106 Å². The van der Waals surface area contributed by atoms with Crippen LogP contribution in [0.3, 0.4) is 0 Å². The van der Waals surface area contributed by atoms with Gasteiger partial charge in [0.25, 0.3) is 17.7 Å². The van der Waals surface area contributed by atoms with E-state index < -0.39 is 11.8 Å². The number of nitrogens with one attached hydrogen (secondary N) is 3. The number of hydrogen-bond acceptors (Lipinski definition) is 6. The van der Waals surface area contributed by atoms with Gasteiger partial charge in [0.05, 0.1) is 18.6 Å². The number of thiophene rings is 1. The van der Waals surface area contributed by atoms with Crippen molar-refractivity contribution in [1.29, 1.82) is 0 Å². The Morgan fingerprint density at radius 3 is 2.26 bits per heavy atom. The van der Waals surface area contributed by atoms with Gasteiger partial charge in [-0.2, -0.15) is 0 Å². The molecule has 0 saturated carbocycles. The Hall–Kier alpha value is -3.85. The predicted molar refractivity (Wildman–Crippen MR) is 118 cm³/mol. The summed E-state index contributed by atoms with van der Waals surface area (Å²) in [5.41, 5.74) is 5.75. The Morgan fingerprint density at radius 2 is 1.61 bits per heavy atom. The predicted octanol–water partition coefficient (Wildman–Crippen LogP) is 3.48. The molecule has 0 aliphatic rings. The summed E-state index contributed by atoms with van der Waals surface area (Å²) < 4.78 is 10.7. The van der Waals surface area contributed by atoms with Gasteiger partial charge in [-0.3, -0.25) is 25.2 Å². The number of amides is 3.